The Morgan fingerprint density at radius 3 is 2.88 bits per heavy atom. The Balaban J connectivity index is 2.88. The van der Waals surface area contributed by atoms with Crippen molar-refractivity contribution in [2.75, 3.05) is 6.54 Å². The molecule has 0 fully saturated rings. The van der Waals surface area contributed by atoms with Crippen molar-refractivity contribution in [1.82, 2.24) is 9.88 Å². The molecule has 1 amide bonds. The van der Waals surface area contributed by atoms with Crippen LogP contribution in [0.4, 0.5) is 4.39 Å². The third-order valence-corrected chi connectivity index (χ3v) is 2.32. The zero-order chi connectivity index (χ0) is 12.8. The normalized spacial score (nSPS) is 10.1. The summed E-state index contributed by atoms with van der Waals surface area (Å²) in [6, 6.07) is 4.52. The molecular weight excluding hydrogens is 221 g/mol. The number of pyridine rings is 1. The van der Waals surface area contributed by atoms with Crippen LogP contribution < -0.4 is 0 Å². The molecule has 1 rings (SSSR count). The standard InChI is InChI=1S/C12H14FN3O/c1-9(2)16(7-3-5-14)12(17)10-4-6-15-11(13)8-10/h4,6,8-9H,3,7H2,1-2H3. The van der Waals surface area contributed by atoms with Gasteiger partial charge >= 0.3 is 0 Å². The van der Waals surface area contributed by atoms with E-state index in [9.17, 15) is 9.18 Å². The molecule has 0 aromatic carbocycles. The fraction of sp³-hybridized carbons (Fsp3) is 0.417. The molecule has 0 aliphatic heterocycles. The molecule has 1 heterocycles. The van der Waals surface area contributed by atoms with Crippen molar-refractivity contribution in [2.45, 2.75) is 26.3 Å². The minimum atomic E-state index is -0.681. The van der Waals surface area contributed by atoms with Crippen LogP contribution >= 0.6 is 0 Å². The Hall–Kier alpha value is -1.96. The number of nitrogens with zero attached hydrogens (tertiary/aromatic N) is 3. The van der Waals surface area contributed by atoms with Gasteiger partial charge in [0.05, 0.1) is 12.5 Å². The highest BCUT2D eigenvalue weighted by Gasteiger charge is 2.18. The van der Waals surface area contributed by atoms with E-state index in [1.807, 2.05) is 19.9 Å². The average molecular weight is 235 g/mol. The van der Waals surface area contributed by atoms with Gasteiger partial charge in [0.25, 0.3) is 5.91 Å². The minimum Gasteiger partial charge on any atom is -0.335 e. The highest BCUT2D eigenvalue weighted by molar-refractivity contribution is 5.94. The van der Waals surface area contributed by atoms with Crippen molar-refractivity contribution in [3.05, 3.63) is 29.8 Å². The van der Waals surface area contributed by atoms with Gasteiger partial charge in [-0.1, -0.05) is 0 Å². The monoisotopic (exact) mass is 235 g/mol. The van der Waals surface area contributed by atoms with E-state index in [0.717, 1.165) is 6.07 Å². The molecule has 17 heavy (non-hydrogen) atoms. The van der Waals surface area contributed by atoms with Crippen LogP contribution in [0.1, 0.15) is 30.6 Å². The highest BCUT2D eigenvalue weighted by atomic mass is 19.1. The first-order valence-corrected chi connectivity index (χ1v) is 5.35. The summed E-state index contributed by atoms with van der Waals surface area (Å²) in [5.41, 5.74) is 0.254. The fourth-order valence-corrected chi connectivity index (χ4v) is 1.47. The topological polar surface area (TPSA) is 57.0 Å². The van der Waals surface area contributed by atoms with Gasteiger partial charge in [-0.25, -0.2) is 4.98 Å². The molecule has 0 saturated carbocycles. The van der Waals surface area contributed by atoms with Crippen LogP contribution in [0, 0.1) is 17.3 Å². The predicted octanol–water partition coefficient (Wildman–Crippen LogP) is 1.98. The second kappa shape index (κ2) is 5.94. The summed E-state index contributed by atoms with van der Waals surface area (Å²) in [7, 11) is 0. The third-order valence-electron chi connectivity index (χ3n) is 2.32. The summed E-state index contributed by atoms with van der Waals surface area (Å²) in [5.74, 6) is -0.962. The lowest BCUT2D eigenvalue weighted by molar-refractivity contribution is 0.0709. The Labute approximate surface area is 99.7 Å². The molecule has 0 bridgehead atoms. The van der Waals surface area contributed by atoms with E-state index in [-0.39, 0.29) is 23.9 Å². The van der Waals surface area contributed by atoms with Gasteiger partial charge in [0, 0.05) is 30.4 Å². The van der Waals surface area contributed by atoms with Crippen LogP contribution in [0.5, 0.6) is 0 Å². The van der Waals surface area contributed by atoms with Crippen LogP contribution in [-0.4, -0.2) is 28.4 Å². The SMILES string of the molecule is CC(C)N(CCC#N)C(=O)c1ccnc(F)c1. The lowest BCUT2D eigenvalue weighted by Gasteiger charge is -2.25. The first kappa shape index (κ1) is 13.1. The van der Waals surface area contributed by atoms with Crippen LogP contribution in [-0.2, 0) is 0 Å². The number of halogens is 1. The maximum Gasteiger partial charge on any atom is 0.254 e. The van der Waals surface area contributed by atoms with Crippen LogP contribution in [0.2, 0.25) is 0 Å². The van der Waals surface area contributed by atoms with E-state index in [1.165, 1.54) is 17.2 Å². The maximum absolute atomic E-state index is 12.9. The number of rotatable bonds is 4. The highest BCUT2D eigenvalue weighted by Crippen LogP contribution is 2.09. The number of aromatic nitrogens is 1. The molecule has 0 atom stereocenters. The van der Waals surface area contributed by atoms with Gasteiger partial charge in [-0.15, -0.1) is 0 Å². The van der Waals surface area contributed by atoms with Gasteiger partial charge in [0.1, 0.15) is 0 Å². The summed E-state index contributed by atoms with van der Waals surface area (Å²) in [4.78, 5) is 17.0. The summed E-state index contributed by atoms with van der Waals surface area (Å²) >= 11 is 0. The molecule has 1 aromatic heterocycles. The molecule has 0 aliphatic carbocycles. The largest absolute Gasteiger partial charge is 0.335 e. The van der Waals surface area contributed by atoms with Crippen molar-refractivity contribution in [1.29, 1.82) is 5.26 Å². The van der Waals surface area contributed by atoms with Gasteiger partial charge in [-0.05, 0) is 19.9 Å². The fourth-order valence-electron chi connectivity index (χ4n) is 1.47. The molecule has 0 saturated heterocycles. The number of carbonyl (C=O) groups is 1. The summed E-state index contributed by atoms with van der Waals surface area (Å²) in [5, 5.41) is 8.54. The molecule has 90 valence electrons. The van der Waals surface area contributed by atoms with Gasteiger partial charge in [0.15, 0.2) is 0 Å². The summed E-state index contributed by atoms with van der Waals surface area (Å²) in [6.07, 6.45) is 1.52. The summed E-state index contributed by atoms with van der Waals surface area (Å²) < 4.78 is 12.9. The van der Waals surface area contributed by atoms with Crippen molar-refractivity contribution in [3.8, 4) is 6.07 Å². The van der Waals surface area contributed by atoms with Gasteiger partial charge in [-0.3, -0.25) is 4.79 Å². The molecule has 5 heteroatoms. The quantitative estimate of drug-likeness (QED) is 0.750. The van der Waals surface area contributed by atoms with Gasteiger partial charge < -0.3 is 4.90 Å². The van der Waals surface area contributed by atoms with Gasteiger partial charge in [0.2, 0.25) is 5.95 Å². The second-order valence-corrected chi connectivity index (χ2v) is 3.87. The molecule has 0 unspecified atom stereocenters. The average Bonchev–Trinajstić information content (AvgIpc) is 2.29. The van der Waals surface area contributed by atoms with Crippen LogP contribution in [0.15, 0.2) is 18.3 Å². The van der Waals surface area contributed by atoms with Crippen LogP contribution in [0.25, 0.3) is 0 Å². The Morgan fingerprint density at radius 2 is 2.35 bits per heavy atom. The number of hydrogen-bond donors (Lipinski definition) is 0. The summed E-state index contributed by atoms with van der Waals surface area (Å²) in [6.45, 7) is 4.05. The number of amides is 1. The van der Waals surface area contributed by atoms with E-state index in [1.54, 1.807) is 0 Å². The first-order chi connectivity index (χ1) is 8.06. The Morgan fingerprint density at radius 1 is 1.65 bits per heavy atom. The Kier molecular flexibility index (Phi) is 4.58. The van der Waals surface area contributed by atoms with Crippen molar-refractivity contribution in [3.63, 3.8) is 0 Å². The lowest BCUT2D eigenvalue weighted by atomic mass is 10.2. The lowest BCUT2D eigenvalue weighted by Crippen LogP contribution is -2.37. The molecule has 0 spiro atoms. The maximum atomic E-state index is 12.9. The molecular formula is C12H14FN3O. The molecule has 0 radical (unpaired) electrons. The van der Waals surface area contributed by atoms with Gasteiger partial charge in [-0.2, -0.15) is 9.65 Å². The molecule has 0 aliphatic rings. The molecule has 0 N–H and O–H groups in total. The minimum absolute atomic E-state index is 0.0351. The Bertz CT molecular complexity index is 440. The zero-order valence-corrected chi connectivity index (χ0v) is 9.85. The first-order valence-electron chi connectivity index (χ1n) is 5.35. The van der Waals surface area contributed by atoms with E-state index in [0.29, 0.717) is 6.54 Å². The van der Waals surface area contributed by atoms with E-state index < -0.39 is 5.95 Å². The van der Waals surface area contributed by atoms with Crippen LogP contribution in [0.3, 0.4) is 0 Å². The smallest absolute Gasteiger partial charge is 0.254 e. The number of nitriles is 1. The third kappa shape index (κ3) is 3.52. The van der Waals surface area contributed by atoms with E-state index >= 15 is 0 Å². The second-order valence-electron chi connectivity index (χ2n) is 3.87. The zero-order valence-electron chi connectivity index (χ0n) is 9.85. The predicted molar refractivity (Wildman–Crippen MR) is 60.6 cm³/mol. The van der Waals surface area contributed by atoms with E-state index in [4.69, 9.17) is 5.26 Å². The van der Waals surface area contributed by atoms with Crippen molar-refractivity contribution >= 4 is 5.91 Å². The molecule has 4 nitrogen and oxygen atoms in total. The van der Waals surface area contributed by atoms with Crippen molar-refractivity contribution < 1.29 is 9.18 Å². The number of hydrogen-bond acceptors (Lipinski definition) is 3. The van der Waals surface area contributed by atoms with E-state index in [2.05, 4.69) is 4.98 Å². The molecule has 1 aromatic rings. The number of carbonyl (C=O) groups excluding carboxylic acids is 1. The van der Waals surface area contributed by atoms with Crippen molar-refractivity contribution in [2.24, 2.45) is 0 Å².